The highest BCUT2D eigenvalue weighted by atomic mass is 16.5. The van der Waals surface area contributed by atoms with Crippen LogP contribution in [0.15, 0.2) is 18.7 Å². The molecule has 70 valence electrons. The summed E-state index contributed by atoms with van der Waals surface area (Å²) < 4.78 is 4.95. The normalized spacial score (nSPS) is 9.62. The van der Waals surface area contributed by atoms with Gasteiger partial charge in [-0.1, -0.05) is 13.3 Å². The fourth-order valence-corrected chi connectivity index (χ4v) is 0.842. The number of esters is 1. The monoisotopic (exact) mass is 180 g/mol. The van der Waals surface area contributed by atoms with Gasteiger partial charge in [0.15, 0.2) is 5.75 Å². The van der Waals surface area contributed by atoms with Gasteiger partial charge in [-0.15, -0.1) is 0 Å². The SMILES string of the molecule is CCCCC(=O)Oc1cncnc1. The molecule has 0 atom stereocenters. The average molecular weight is 180 g/mol. The van der Waals surface area contributed by atoms with E-state index >= 15 is 0 Å². The molecule has 0 bridgehead atoms. The van der Waals surface area contributed by atoms with Crippen LogP contribution in [0.25, 0.3) is 0 Å². The molecule has 0 saturated heterocycles. The highest BCUT2D eigenvalue weighted by Crippen LogP contribution is 2.06. The molecule has 0 aliphatic heterocycles. The summed E-state index contributed by atoms with van der Waals surface area (Å²) in [6.45, 7) is 2.03. The van der Waals surface area contributed by atoms with Gasteiger partial charge in [0.1, 0.15) is 6.33 Å². The summed E-state index contributed by atoms with van der Waals surface area (Å²) in [4.78, 5) is 18.6. The third kappa shape index (κ3) is 3.64. The van der Waals surface area contributed by atoms with Gasteiger partial charge in [0, 0.05) is 6.42 Å². The van der Waals surface area contributed by atoms with Crippen molar-refractivity contribution >= 4 is 5.97 Å². The Labute approximate surface area is 77.0 Å². The number of carbonyl (C=O) groups is 1. The molecule has 0 spiro atoms. The largest absolute Gasteiger partial charge is 0.423 e. The van der Waals surface area contributed by atoms with Crippen molar-refractivity contribution in [2.45, 2.75) is 26.2 Å². The summed E-state index contributed by atoms with van der Waals surface area (Å²) in [6, 6.07) is 0. The molecule has 0 aromatic carbocycles. The highest BCUT2D eigenvalue weighted by molar-refractivity contribution is 5.71. The summed E-state index contributed by atoms with van der Waals surface area (Å²) in [6.07, 6.45) is 6.62. The van der Waals surface area contributed by atoms with Crippen LogP contribution in [-0.4, -0.2) is 15.9 Å². The number of aromatic nitrogens is 2. The molecule has 0 radical (unpaired) electrons. The first kappa shape index (κ1) is 9.64. The molecule has 13 heavy (non-hydrogen) atoms. The molecule has 4 nitrogen and oxygen atoms in total. The van der Waals surface area contributed by atoms with Gasteiger partial charge in [0.2, 0.25) is 0 Å². The van der Waals surface area contributed by atoms with Crippen LogP contribution in [0.4, 0.5) is 0 Å². The van der Waals surface area contributed by atoms with Crippen molar-refractivity contribution in [3.8, 4) is 5.75 Å². The third-order valence-corrected chi connectivity index (χ3v) is 1.50. The number of ether oxygens (including phenoxy) is 1. The minimum absolute atomic E-state index is 0.225. The van der Waals surface area contributed by atoms with E-state index in [1.807, 2.05) is 6.92 Å². The van der Waals surface area contributed by atoms with Crippen molar-refractivity contribution in [3.63, 3.8) is 0 Å². The second-order valence-corrected chi connectivity index (χ2v) is 2.65. The van der Waals surface area contributed by atoms with Crippen LogP contribution in [0.1, 0.15) is 26.2 Å². The lowest BCUT2D eigenvalue weighted by Crippen LogP contribution is -2.07. The van der Waals surface area contributed by atoms with Crippen LogP contribution in [0.3, 0.4) is 0 Å². The third-order valence-electron chi connectivity index (χ3n) is 1.50. The molecule has 0 fully saturated rings. The second kappa shape index (κ2) is 5.24. The molecular weight excluding hydrogens is 168 g/mol. The molecule has 1 rings (SSSR count). The van der Waals surface area contributed by atoms with Crippen molar-refractivity contribution < 1.29 is 9.53 Å². The van der Waals surface area contributed by atoms with Gasteiger partial charge < -0.3 is 4.74 Å². The zero-order chi connectivity index (χ0) is 9.52. The van der Waals surface area contributed by atoms with E-state index in [2.05, 4.69) is 9.97 Å². The number of hydrogen-bond donors (Lipinski definition) is 0. The number of nitrogens with zero attached hydrogens (tertiary/aromatic N) is 2. The second-order valence-electron chi connectivity index (χ2n) is 2.65. The fourth-order valence-electron chi connectivity index (χ4n) is 0.842. The Morgan fingerprint density at radius 1 is 1.46 bits per heavy atom. The molecule has 0 amide bonds. The topological polar surface area (TPSA) is 52.1 Å². The maximum Gasteiger partial charge on any atom is 0.311 e. The fraction of sp³-hybridized carbons (Fsp3) is 0.444. The maximum absolute atomic E-state index is 11.1. The molecule has 1 aromatic heterocycles. The van der Waals surface area contributed by atoms with E-state index < -0.39 is 0 Å². The minimum Gasteiger partial charge on any atom is -0.423 e. The van der Waals surface area contributed by atoms with Crippen LogP contribution in [0, 0.1) is 0 Å². The maximum atomic E-state index is 11.1. The van der Waals surface area contributed by atoms with Gasteiger partial charge in [-0.3, -0.25) is 4.79 Å². The van der Waals surface area contributed by atoms with E-state index in [1.54, 1.807) is 0 Å². The first-order valence-electron chi connectivity index (χ1n) is 4.28. The van der Waals surface area contributed by atoms with E-state index in [0.717, 1.165) is 12.8 Å². The Morgan fingerprint density at radius 3 is 2.77 bits per heavy atom. The van der Waals surface area contributed by atoms with E-state index in [9.17, 15) is 4.79 Å². The molecule has 0 aliphatic carbocycles. The van der Waals surface area contributed by atoms with Crippen molar-refractivity contribution in [3.05, 3.63) is 18.7 Å². The van der Waals surface area contributed by atoms with Crippen molar-refractivity contribution in [2.24, 2.45) is 0 Å². The summed E-state index contributed by atoms with van der Waals surface area (Å²) in [5, 5.41) is 0. The van der Waals surface area contributed by atoms with Gasteiger partial charge in [-0.05, 0) is 6.42 Å². The Hall–Kier alpha value is -1.45. The lowest BCUT2D eigenvalue weighted by molar-refractivity contribution is -0.134. The smallest absolute Gasteiger partial charge is 0.311 e. The predicted molar refractivity (Wildman–Crippen MR) is 47.2 cm³/mol. The predicted octanol–water partition coefficient (Wildman–Crippen LogP) is 1.57. The van der Waals surface area contributed by atoms with Crippen molar-refractivity contribution in [2.75, 3.05) is 0 Å². The van der Waals surface area contributed by atoms with E-state index in [0.29, 0.717) is 12.2 Å². The Morgan fingerprint density at radius 2 is 2.15 bits per heavy atom. The molecule has 1 heterocycles. The summed E-state index contributed by atoms with van der Waals surface area (Å²) in [5.41, 5.74) is 0. The number of carbonyl (C=O) groups excluding carboxylic acids is 1. The lowest BCUT2D eigenvalue weighted by atomic mass is 10.2. The molecule has 0 aliphatic rings. The zero-order valence-electron chi connectivity index (χ0n) is 7.56. The first-order chi connectivity index (χ1) is 6.33. The van der Waals surface area contributed by atoms with Crippen molar-refractivity contribution in [1.82, 2.24) is 9.97 Å². The van der Waals surface area contributed by atoms with E-state index in [4.69, 9.17) is 4.74 Å². The number of hydrogen-bond acceptors (Lipinski definition) is 4. The molecule has 0 N–H and O–H groups in total. The molecule has 0 saturated carbocycles. The van der Waals surface area contributed by atoms with Crippen LogP contribution in [0.5, 0.6) is 5.75 Å². The Bertz CT molecular complexity index is 262. The summed E-state index contributed by atoms with van der Waals surface area (Å²) in [5.74, 6) is 0.181. The number of rotatable bonds is 4. The highest BCUT2D eigenvalue weighted by Gasteiger charge is 2.03. The van der Waals surface area contributed by atoms with Gasteiger partial charge in [0.05, 0.1) is 12.4 Å². The molecule has 0 unspecified atom stereocenters. The van der Waals surface area contributed by atoms with E-state index in [-0.39, 0.29) is 5.97 Å². The minimum atomic E-state index is -0.225. The van der Waals surface area contributed by atoms with Crippen LogP contribution < -0.4 is 4.74 Å². The van der Waals surface area contributed by atoms with Gasteiger partial charge in [-0.25, -0.2) is 9.97 Å². The molecule has 1 aromatic rings. The van der Waals surface area contributed by atoms with Crippen LogP contribution >= 0.6 is 0 Å². The Kier molecular flexibility index (Phi) is 3.88. The summed E-state index contributed by atoms with van der Waals surface area (Å²) >= 11 is 0. The summed E-state index contributed by atoms with van der Waals surface area (Å²) in [7, 11) is 0. The van der Waals surface area contributed by atoms with Gasteiger partial charge in [0.25, 0.3) is 0 Å². The molecule has 4 heteroatoms. The lowest BCUT2D eigenvalue weighted by Gasteiger charge is -2.01. The Balaban J connectivity index is 2.37. The first-order valence-corrected chi connectivity index (χ1v) is 4.28. The van der Waals surface area contributed by atoms with Gasteiger partial charge in [-0.2, -0.15) is 0 Å². The molecular formula is C9H12N2O2. The van der Waals surface area contributed by atoms with Crippen LogP contribution in [-0.2, 0) is 4.79 Å². The quantitative estimate of drug-likeness (QED) is 0.660. The standard InChI is InChI=1S/C9H12N2O2/c1-2-3-4-9(12)13-8-5-10-7-11-6-8/h5-7H,2-4H2,1H3. The van der Waals surface area contributed by atoms with Crippen molar-refractivity contribution in [1.29, 1.82) is 0 Å². The zero-order valence-corrected chi connectivity index (χ0v) is 7.56. The number of unbranched alkanes of at least 4 members (excludes halogenated alkanes) is 1. The van der Waals surface area contributed by atoms with E-state index in [1.165, 1.54) is 18.7 Å². The van der Waals surface area contributed by atoms with Crippen LogP contribution in [0.2, 0.25) is 0 Å². The van der Waals surface area contributed by atoms with Gasteiger partial charge >= 0.3 is 5.97 Å². The average Bonchev–Trinajstić information content (AvgIpc) is 2.16.